The van der Waals surface area contributed by atoms with E-state index < -0.39 is 0 Å². The van der Waals surface area contributed by atoms with Crippen LogP contribution >= 0.6 is 15.9 Å². The number of nitrogens with zero attached hydrogens (tertiary/aromatic N) is 3. The summed E-state index contributed by atoms with van der Waals surface area (Å²) in [4.78, 5) is 4.37. The van der Waals surface area contributed by atoms with Crippen molar-refractivity contribution in [2.24, 2.45) is 0 Å². The summed E-state index contributed by atoms with van der Waals surface area (Å²) >= 11 is 3.31. The van der Waals surface area contributed by atoms with Crippen LogP contribution in [0.3, 0.4) is 0 Å². The first kappa shape index (κ1) is 10.4. The van der Waals surface area contributed by atoms with Crippen molar-refractivity contribution < 1.29 is 0 Å². The highest BCUT2D eigenvalue weighted by molar-refractivity contribution is 9.10. The van der Waals surface area contributed by atoms with Gasteiger partial charge in [0, 0.05) is 11.6 Å². The molecule has 0 radical (unpaired) electrons. The van der Waals surface area contributed by atoms with Gasteiger partial charge in [0.25, 0.3) is 0 Å². The molecule has 0 unspecified atom stereocenters. The summed E-state index contributed by atoms with van der Waals surface area (Å²) in [6.07, 6.45) is 0. The van der Waals surface area contributed by atoms with Gasteiger partial charge in [0.05, 0.1) is 0 Å². The third kappa shape index (κ3) is 2.09. The first-order chi connectivity index (χ1) is 7.18. The number of hydrogen-bond acceptors (Lipinski definition) is 2. The lowest BCUT2D eigenvalue weighted by Gasteiger charge is -2.08. The van der Waals surface area contributed by atoms with Crippen molar-refractivity contribution in [3.05, 3.63) is 35.1 Å². The fourth-order valence-corrected chi connectivity index (χ4v) is 1.78. The van der Waals surface area contributed by atoms with E-state index in [1.54, 1.807) is 0 Å². The predicted molar refractivity (Wildman–Crippen MR) is 63.5 cm³/mol. The van der Waals surface area contributed by atoms with Crippen LogP contribution in [0.5, 0.6) is 0 Å². The molecule has 3 nitrogen and oxygen atoms in total. The fourth-order valence-electron chi connectivity index (χ4n) is 1.44. The van der Waals surface area contributed by atoms with Crippen LogP contribution < -0.4 is 0 Å². The van der Waals surface area contributed by atoms with E-state index >= 15 is 0 Å². The van der Waals surface area contributed by atoms with Crippen molar-refractivity contribution in [2.75, 3.05) is 0 Å². The van der Waals surface area contributed by atoms with Gasteiger partial charge in [-0.3, -0.25) is 0 Å². The molecule has 0 aliphatic heterocycles. The van der Waals surface area contributed by atoms with Crippen molar-refractivity contribution in [2.45, 2.75) is 19.9 Å². The number of benzene rings is 1. The second-order valence-corrected chi connectivity index (χ2v) is 4.32. The van der Waals surface area contributed by atoms with Gasteiger partial charge in [0.2, 0.25) is 4.73 Å². The van der Waals surface area contributed by atoms with Gasteiger partial charge in [-0.25, -0.2) is 9.67 Å². The van der Waals surface area contributed by atoms with E-state index in [-0.39, 0.29) is 0 Å². The summed E-state index contributed by atoms with van der Waals surface area (Å²) in [6, 6.07) is 10.4. The maximum atomic E-state index is 4.37. The summed E-state index contributed by atoms with van der Waals surface area (Å²) in [5.41, 5.74) is 1.09. The van der Waals surface area contributed by atoms with E-state index in [0.717, 1.165) is 11.4 Å². The molecular formula is C11H12BrN3. The molecule has 1 aromatic carbocycles. The molecule has 1 aromatic heterocycles. The number of halogens is 1. The molecule has 4 heteroatoms. The molecule has 0 atom stereocenters. The maximum absolute atomic E-state index is 4.37. The highest BCUT2D eigenvalue weighted by Gasteiger charge is 2.12. The maximum Gasteiger partial charge on any atom is 0.217 e. The normalized spacial score (nSPS) is 10.9. The van der Waals surface area contributed by atoms with Crippen molar-refractivity contribution in [3.8, 4) is 11.4 Å². The molecule has 0 bridgehead atoms. The Bertz CT molecular complexity index is 448. The minimum Gasteiger partial charge on any atom is -0.242 e. The fraction of sp³-hybridized carbons (Fsp3) is 0.273. The minimum atomic E-state index is 0.305. The zero-order valence-corrected chi connectivity index (χ0v) is 10.3. The van der Waals surface area contributed by atoms with Gasteiger partial charge in [-0.2, -0.15) is 0 Å². The van der Waals surface area contributed by atoms with Crippen LogP contribution in [-0.4, -0.2) is 14.8 Å². The van der Waals surface area contributed by atoms with E-state index in [9.17, 15) is 0 Å². The molecule has 0 aliphatic carbocycles. The van der Waals surface area contributed by atoms with Gasteiger partial charge in [0.15, 0.2) is 5.82 Å². The van der Waals surface area contributed by atoms with Crippen LogP contribution in [0.2, 0.25) is 0 Å². The smallest absolute Gasteiger partial charge is 0.217 e. The van der Waals surface area contributed by atoms with Crippen molar-refractivity contribution in [1.29, 1.82) is 0 Å². The summed E-state index contributed by atoms with van der Waals surface area (Å²) in [5, 5.41) is 4.31. The van der Waals surface area contributed by atoms with Gasteiger partial charge in [-0.1, -0.05) is 30.3 Å². The highest BCUT2D eigenvalue weighted by atomic mass is 79.9. The van der Waals surface area contributed by atoms with Crippen LogP contribution in [0.4, 0.5) is 0 Å². The van der Waals surface area contributed by atoms with Gasteiger partial charge in [0.1, 0.15) is 0 Å². The van der Waals surface area contributed by atoms with Crippen molar-refractivity contribution in [1.82, 2.24) is 14.8 Å². The molecule has 0 N–H and O–H groups in total. The Morgan fingerprint density at radius 2 is 1.87 bits per heavy atom. The largest absolute Gasteiger partial charge is 0.242 e. The molecule has 78 valence electrons. The van der Waals surface area contributed by atoms with E-state index in [1.807, 2.05) is 35.0 Å². The van der Waals surface area contributed by atoms with Crippen molar-refractivity contribution >= 4 is 15.9 Å². The Hall–Kier alpha value is -1.16. The second-order valence-electron chi connectivity index (χ2n) is 3.61. The van der Waals surface area contributed by atoms with E-state index in [1.165, 1.54) is 0 Å². The summed E-state index contributed by atoms with van der Waals surface area (Å²) in [6.45, 7) is 4.18. The first-order valence-corrected chi connectivity index (χ1v) is 5.65. The van der Waals surface area contributed by atoms with E-state index in [4.69, 9.17) is 0 Å². The molecule has 0 saturated heterocycles. The molecule has 15 heavy (non-hydrogen) atoms. The third-order valence-corrected chi connectivity index (χ3v) is 2.46. The molecule has 2 aromatic rings. The molecule has 2 rings (SSSR count). The zero-order valence-electron chi connectivity index (χ0n) is 8.68. The lowest BCUT2D eigenvalue weighted by molar-refractivity contribution is 0.535. The average molecular weight is 266 g/mol. The quantitative estimate of drug-likeness (QED) is 0.835. The zero-order chi connectivity index (χ0) is 10.8. The van der Waals surface area contributed by atoms with Gasteiger partial charge >= 0.3 is 0 Å². The number of hydrogen-bond donors (Lipinski definition) is 0. The van der Waals surface area contributed by atoms with Crippen LogP contribution in [0.15, 0.2) is 35.1 Å². The summed E-state index contributed by atoms with van der Waals surface area (Å²) < 4.78 is 2.55. The van der Waals surface area contributed by atoms with Crippen LogP contribution in [0.1, 0.15) is 19.9 Å². The number of rotatable bonds is 2. The average Bonchev–Trinajstić information content (AvgIpc) is 2.62. The second kappa shape index (κ2) is 4.14. The molecule has 1 heterocycles. The lowest BCUT2D eigenvalue weighted by atomic mass is 10.2. The summed E-state index contributed by atoms with van der Waals surface area (Å²) in [7, 11) is 0. The van der Waals surface area contributed by atoms with Crippen molar-refractivity contribution in [3.63, 3.8) is 0 Å². The standard InChI is InChI=1S/C11H12BrN3/c1-8(2)15-10(13-11(12)14-15)9-6-4-3-5-7-9/h3-8H,1-2H3. The van der Waals surface area contributed by atoms with Gasteiger partial charge < -0.3 is 0 Å². The molecule has 0 fully saturated rings. The van der Waals surface area contributed by atoms with Gasteiger partial charge in [-0.05, 0) is 29.8 Å². The molecule has 0 spiro atoms. The predicted octanol–water partition coefficient (Wildman–Crippen LogP) is 3.29. The Morgan fingerprint density at radius 1 is 1.20 bits per heavy atom. The van der Waals surface area contributed by atoms with E-state index in [2.05, 4.69) is 39.9 Å². The number of aromatic nitrogens is 3. The molecule has 0 saturated carbocycles. The Labute approximate surface area is 97.3 Å². The monoisotopic (exact) mass is 265 g/mol. The molecule has 0 amide bonds. The van der Waals surface area contributed by atoms with Gasteiger partial charge in [-0.15, -0.1) is 5.10 Å². The highest BCUT2D eigenvalue weighted by Crippen LogP contribution is 2.21. The Balaban J connectivity index is 2.53. The van der Waals surface area contributed by atoms with Crippen LogP contribution in [0.25, 0.3) is 11.4 Å². The summed E-state index contributed by atoms with van der Waals surface area (Å²) in [5.74, 6) is 0.900. The van der Waals surface area contributed by atoms with Crippen LogP contribution in [0, 0.1) is 0 Å². The third-order valence-electron chi connectivity index (χ3n) is 2.13. The Kier molecular flexibility index (Phi) is 2.86. The molecular weight excluding hydrogens is 254 g/mol. The lowest BCUT2D eigenvalue weighted by Crippen LogP contribution is -2.04. The Morgan fingerprint density at radius 3 is 2.47 bits per heavy atom. The van der Waals surface area contributed by atoms with Crippen LogP contribution in [-0.2, 0) is 0 Å². The van der Waals surface area contributed by atoms with E-state index in [0.29, 0.717) is 10.8 Å². The minimum absolute atomic E-state index is 0.305. The first-order valence-electron chi connectivity index (χ1n) is 4.86. The topological polar surface area (TPSA) is 30.7 Å². The molecule has 0 aliphatic rings. The SMILES string of the molecule is CC(C)n1nc(Br)nc1-c1ccccc1.